The zero-order valence-corrected chi connectivity index (χ0v) is 10.5. The molecule has 0 saturated heterocycles. The summed E-state index contributed by atoms with van der Waals surface area (Å²) in [4.78, 5) is 0. The van der Waals surface area contributed by atoms with E-state index in [2.05, 4.69) is 57.6 Å². The number of hydrogen-bond donors (Lipinski definition) is 0. The van der Waals surface area contributed by atoms with E-state index >= 15 is 0 Å². The highest BCUT2D eigenvalue weighted by molar-refractivity contribution is 14.1. The van der Waals surface area contributed by atoms with Crippen LogP contribution in [0.15, 0.2) is 16.6 Å². The van der Waals surface area contributed by atoms with Gasteiger partial charge in [-0.05, 0) is 62.6 Å². The number of hydrogen-bond acceptors (Lipinski definition) is 0. The number of halogens is 3. The Bertz CT molecular complexity index is 250. The Kier molecular flexibility index (Phi) is 3.65. The molecule has 0 bridgehead atoms. The normalized spacial score (nSPS) is 10.2. The van der Waals surface area contributed by atoms with Gasteiger partial charge < -0.3 is 0 Å². The van der Waals surface area contributed by atoms with Crippen LogP contribution in [0.2, 0.25) is 0 Å². The van der Waals surface area contributed by atoms with Gasteiger partial charge in [-0.1, -0.05) is 6.07 Å². The number of alkyl halides is 1. The summed E-state index contributed by atoms with van der Waals surface area (Å²) in [6.45, 7) is 2.07. The van der Waals surface area contributed by atoms with E-state index in [1.165, 1.54) is 19.2 Å². The van der Waals surface area contributed by atoms with Gasteiger partial charge in [-0.2, -0.15) is 0 Å². The van der Waals surface area contributed by atoms with Crippen molar-refractivity contribution in [3.05, 3.63) is 31.3 Å². The van der Waals surface area contributed by atoms with Crippen LogP contribution in [0.5, 0.6) is 0 Å². The maximum Gasteiger partial charge on any atom is 0.0474 e. The molecule has 0 amide bonds. The minimum atomic E-state index is 0.587. The first-order valence-electron chi connectivity index (χ1n) is 3.15. The second-order valence-corrected chi connectivity index (χ2v) is 4.56. The van der Waals surface area contributed by atoms with Crippen molar-refractivity contribution in [2.75, 3.05) is 0 Å². The summed E-state index contributed by atoms with van der Waals surface area (Å²) in [5.74, 6) is 0.587. The smallest absolute Gasteiger partial charge is 0.0474 e. The van der Waals surface area contributed by atoms with Crippen molar-refractivity contribution in [2.45, 2.75) is 12.8 Å². The number of rotatable bonds is 1. The third-order valence-corrected chi connectivity index (χ3v) is 4.38. The molecule has 0 heterocycles. The highest BCUT2D eigenvalue weighted by Gasteiger charge is 2.01. The van der Waals surface area contributed by atoms with Gasteiger partial charge in [0.15, 0.2) is 0 Å². The highest BCUT2D eigenvalue weighted by atomic mass is 127. The van der Waals surface area contributed by atoms with Crippen LogP contribution in [-0.2, 0) is 5.88 Å². The summed E-state index contributed by atoms with van der Waals surface area (Å²) in [5, 5.41) is 0. The van der Waals surface area contributed by atoms with Crippen LogP contribution in [0.3, 0.4) is 0 Å². The summed E-state index contributed by atoms with van der Waals surface area (Å²) in [6, 6.07) is 4.18. The first-order valence-corrected chi connectivity index (χ1v) is 5.56. The van der Waals surface area contributed by atoms with E-state index in [4.69, 9.17) is 11.6 Å². The summed E-state index contributed by atoms with van der Waals surface area (Å²) in [7, 11) is 0. The topological polar surface area (TPSA) is 0 Å². The van der Waals surface area contributed by atoms with E-state index in [1.54, 1.807) is 0 Å². The molecular formula is C8H7BrClI. The maximum absolute atomic E-state index is 5.70. The molecule has 0 nitrogen and oxygen atoms in total. The Morgan fingerprint density at radius 1 is 1.55 bits per heavy atom. The number of aryl methyl sites for hydroxylation is 1. The first kappa shape index (κ1) is 9.81. The summed E-state index contributed by atoms with van der Waals surface area (Å²) >= 11 is 11.5. The van der Waals surface area contributed by atoms with Gasteiger partial charge in [-0.15, -0.1) is 11.6 Å². The molecule has 0 saturated carbocycles. The average Bonchev–Trinajstić information content (AvgIpc) is 1.99. The minimum absolute atomic E-state index is 0.587. The van der Waals surface area contributed by atoms with Crippen LogP contribution in [-0.4, -0.2) is 0 Å². The Morgan fingerprint density at radius 3 is 2.64 bits per heavy atom. The second kappa shape index (κ2) is 4.10. The predicted molar refractivity (Wildman–Crippen MR) is 61.2 cm³/mol. The zero-order valence-electron chi connectivity index (χ0n) is 6.00. The van der Waals surface area contributed by atoms with E-state index < -0.39 is 0 Å². The Labute approximate surface area is 93.6 Å². The van der Waals surface area contributed by atoms with Crippen LogP contribution in [0.25, 0.3) is 0 Å². The van der Waals surface area contributed by atoms with Gasteiger partial charge in [0.05, 0.1) is 0 Å². The minimum Gasteiger partial charge on any atom is -0.122 e. The van der Waals surface area contributed by atoms with Crippen molar-refractivity contribution in [1.29, 1.82) is 0 Å². The molecule has 0 radical (unpaired) electrons. The maximum atomic E-state index is 5.70. The first-order chi connectivity index (χ1) is 5.15. The molecule has 0 N–H and O–H groups in total. The van der Waals surface area contributed by atoms with Crippen molar-refractivity contribution >= 4 is 50.1 Å². The van der Waals surface area contributed by atoms with Gasteiger partial charge in [0.2, 0.25) is 0 Å². The van der Waals surface area contributed by atoms with Gasteiger partial charge in [-0.3, -0.25) is 0 Å². The van der Waals surface area contributed by atoms with Crippen LogP contribution in [0.1, 0.15) is 11.1 Å². The third-order valence-electron chi connectivity index (χ3n) is 1.42. The Morgan fingerprint density at radius 2 is 2.18 bits per heavy atom. The van der Waals surface area contributed by atoms with Gasteiger partial charge in [0.25, 0.3) is 0 Å². The second-order valence-electron chi connectivity index (χ2n) is 2.34. The molecule has 1 rings (SSSR count). The van der Waals surface area contributed by atoms with E-state index in [-0.39, 0.29) is 0 Å². The fourth-order valence-electron chi connectivity index (χ4n) is 0.875. The summed E-state index contributed by atoms with van der Waals surface area (Å²) < 4.78 is 2.39. The molecule has 0 spiro atoms. The predicted octanol–water partition coefficient (Wildman–Crippen LogP) is 4.10. The summed E-state index contributed by atoms with van der Waals surface area (Å²) in [5.41, 5.74) is 2.42. The lowest BCUT2D eigenvalue weighted by molar-refractivity contribution is 1.31. The Hall–Kier alpha value is 0.720. The number of benzene rings is 1. The van der Waals surface area contributed by atoms with Crippen molar-refractivity contribution in [3.63, 3.8) is 0 Å². The van der Waals surface area contributed by atoms with E-state index in [1.807, 2.05) is 0 Å². The molecule has 0 aliphatic carbocycles. The molecule has 0 atom stereocenters. The molecule has 1 aromatic carbocycles. The van der Waals surface area contributed by atoms with Gasteiger partial charge in [0.1, 0.15) is 0 Å². The zero-order chi connectivity index (χ0) is 8.43. The van der Waals surface area contributed by atoms with E-state index in [0.29, 0.717) is 5.88 Å². The van der Waals surface area contributed by atoms with Crippen molar-refractivity contribution in [3.8, 4) is 0 Å². The van der Waals surface area contributed by atoms with Crippen LogP contribution >= 0.6 is 50.1 Å². The molecule has 60 valence electrons. The molecule has 0 aromatic heterocycles. The van der Waals surface area contributed by atoms with E-state index in [9.17, 15) is 0 Å². The van der Waals surface area contributed by atoms with E-state index in [0.717, 1.165) is 0 Å². The van der Waals surface area contributed by atoms with Gasteiger partial charge >= 0.3 is 0 Å². The molecular weight excluding hydrogens is 338 g/mol. The van der Waals surface area contributed by atoms with Crippen LogP contribution in [0, 0.1) is 10.5 Å². The van der Waals surface area contributed by atoms with Crippen LogP contribution < -0.4 is 0 Å². The average molecular weight is 345 g/mol. The fourth-order valence-corrected chi connectivity index (χ4v) is 2.08. The molecule has 3 heteroatoms. The molecule has 0 unspecified atom stereocenters. The lowest BCUT2D eigenvalue weighted by Crippen LogP contribution is -1.85. The van der Waals surface area contributed by atoms with Crippen molar-refractivity contribution < 1.29 is 0 Å². The van der Waals surface area contributed by atoms with Crippen molar-refractivity contribution in [2.24, 2.45) is 0 Å². The van der Waals surface area contributed by atoms with Gasteiger partial charge in [-0.25, -0.2) is 0 Å². The molecule has 0 aliphatic heterocycles. The quantitative estimate of drug-likeness (QED) is 0.531. The van der Waals surface area contributed by atoms with Crippen molar-refractivity contribution in [1.82, 2.24) is 0 Å². The SMILES string of the molecule is Cc1cc(CCl)cc(I)c1Br. The standard InChI is InChI=1S/C8H7BrClI/c1-5-2-6(4-10)3-7(11)8(5)9/h2-3H,4H2,1H3. The third kappa shape index (κ3) is 2.33. The largest absolute Gasteiger partial charge is 0.122 e. The van der Waals surface area contributed by atoms with Crippen LogP contribution in [0.4, 0.5) is 0 Å². The van der Waals surface area contributed by atoms with Gasteiger partial charge in [0, 0.05) is 13.9 Å². The Balaban J connectivity index is 3.21. The molecule has 1 aromatic rings. The summed E-state index contributed by atoms with van der Waals surface area (Å²) in [6.07, 6.45) is 0. The lowest BCUT2D eigenvalue weighted by Gasteiger charge is -2.03. The highest BCUT2D eigenvalue weighted by Crippen LogP contribution is 2.25. The monoisotopic (exact) mass is 344 g/mol. The lowest BCUT2D eigenvalue weighted by atomic mass is 10.2. The molecule has 11 heavy (non-hydrogen) atoms. The molecule has 0 aliphatic rings. The molecule has 0 fully saturated rings. The fraction of sp³-hybridized carbons (Fsp3) is 0.250.